The molecule has 0 aromatic heterocycles. The van der Waals surface area contributed by atoms with Crippen molar-refractivity contribution in [2.75, 3.05) is 13.8 Å². The minimum Gasteiger partial charge on any atom is -0.375 e. The monoisotopic (exact) mass is 211 g/mol. The van der Waals surface area contributed by atoms with Crippen LogP contribution in [0, 0.1) is 0 Å². The van der Waals surface area contributed by atoms with Gasteiger partial charge in [0.2, 0.25) is 0 Å². The maximum atomic E-state index is 12.4. The van der Waals surface area contributed by atoms with Crippen LogP contribution in [0.1, 0.15) is 22.0 Å². The van der Waals surface area contributed by atoms with E-state index in [-0.39, 0.29) is 0 Å². The summed E-state index contributed by atoms with van der Waals surface area (Å²) in [5, 5.41) is 0. The van der Waals surface area contributed by atoms with Gasteiger partial charge in [-0.2, -0.15) is 0 Å². The molecule has 0 aliphatic rings. The predicted octanol–water partition coefficient (Wildman–Crippen LogP) is 1.48. The molecule has 0 radical (unpaired) electrons. The molecule has 82 valence electrons. The lowest BCUT2D eigenvalue weighted by Crippen LogP contribution is -2.31. The molecule has 0 amide bonds. The van der Waals surface area contributed by atoms with Crippen LogP contribution in [0.4, 0.5) is 4.39 Å². The maximum absolute atomic E-state index is 12.4. The number of nitrogens with two attached hydrogens (primary N) is 1. The van der Waals surface area contributed by atoms with Crippen LogP contribution in [0.15, 0.2) is 24.3 Å². The molecule has 0 bridgehead atoms. The third-order valence-corrected chi connectivity index (χ3v) is 2.22. The van der Waals surface area contributed by atoms with Crippen LogP contribution in [-0.4, -0.2) is 26.1 Å². The van der Waals surface area contributed by atoms with Crippen molar-refractivity contribution in [3.05, 3.63) is 35.4 Å². The Morgan fingerprint density at radius 2 is 2.07 bits per heavy atom. The third-order valence-electron chi connectivity index (χ3n) is 2.22. The molecule has 15 heavy (non-hydrogen) atoms. The number of carbonyl (C=O) groups excluding carboxylic acids is 1. The van der Waals surface area contributed by atoms with Gasteiger partial charge in [0.05, 0.1) is 12.1 Å². The first-order valence-electron chi connectivity index (χ1n) is 4.62. The lowest BCUT2D eigenvalue weighted by Gasteiger charge is -2.20. The van der Waals surface area contributed by atoms with Crippen molar-refractivity contribution in [1.29, 1.82) is 0 Å². The summed E-state index contributed by atoms with van der Waals surface area (Å²) >= 11 is 0. The summed E-state index contributed by atoms with van der Waals surface area (Å²) in [6.07, 6.45) is 0.274. The second-order valence-electron chi connectivity index (χ2n) is 3.26. The Hall–Kier alpha value is -1.26. The number of hydrogen-bond donors (Lipinski definition) is 1. The van der Waals surface area contributed by atoms with Crippen molar-refractivity contribution in [3.63, 3.8) is 0 Å². The standard InChI is InChI=1S/C11H14FNO2/c1-15-11(10(13)6-12)9-4-2-8(7-14)3-5-9/h2-5,7,10-11H,6,13H2,1H3. The van der Waals surface area contributed by atoms with E-state index in [1.807, 2.05) is 0 Å². The zero-order chi connectivity index (χ0) is 11.3. The van der Waals surface area contributed by atoms with Gasteiger partial charge in [0, 0.05) is 12.7 Å². The molecule has 0 saturated carbocycles. The van der Waals surface area contributed by atoms with Crippen LogP contribution >= 0.6 is 0 Å². The number of aldehydes is 1. The first kappa shape index (κ1) is 11.8. The number of methoxy groups -OCH3 is 1. The highest BCUT2D eigenvalue weighted by atomic mass is 19.1. The van der Waals surface area contributed by atoms with Crippen LogP contribution in [0.3, 0.4) is 0 Å². The second kappa shape index (κ2) is 5.58. The van der Waals surface area contributed by atoms with Crippen molar-refractivity contribution in [1.82, 2.24) is 0 Å². The molecule has 1 aromatic rings. The van der Waals surface area contributed by atoms with Crippen LogP contribution in [0.5, 0.6) is 0 Å². The van der Waals surface area contributed by atoms with E-state index < -0.39 is 18.8 Å². The molecule has 0 heterocycles. The van der Waals surface area contributed by atoms with E-state index in [2.05, 4.69) is 0 Å². The molecule has 3 nitrogen and oxygen atoms in total. The average molecular weight is 211 g/mol. The first-order valence-corrected chi connectivity index (χ1v) is 4.62. The van der Waals surface area contributed by atoms with Gasteiger partial charge in [0.25, 0.3) is 0 Å². The smallest absolute Gasteiger partial charge is 0.150 e. The van der Waals surface area contributed by atoms with Gasteiger partial charge in [-0.15, -0.1) is 0 Å². The molecule has 2 atom stereocenters. The van der Waals surface area contributed by atoms with Gasteiger partial charge in [-0.3, -0.25) is 4.79 Å². The summed E-state index contributed by atoms with van der Waals surface area (Å²) in [5.41, 5.74) is 6.90. The molecule has 2 N–H and O–H groups in total. The highest BCUT2D eigenvalue weighted by molar-refractivity contribution is 5.74. The van der Waals surface area contributed by atoms with Crippen molar-refractivity contribution in [2.45, 2.75) is 12.1 Å². The number of hydrogen-bond acceptors (Lipinski definition) is 3. The molecule has 1 rings (SSSR count). The first-order chi connectivity index (χ1) is 7.22. The Bertz CT molecular complexity index is 313. The fourth-order valence-corrected chi connectivity index (χ4v) is 1.40. The van der Waals surface area contributed by atoms with Gasteiger partial charge < -0.3 is 10.5 Å². The summed E-state index contributed by atoms with van der Waals surface area (Å²) in [4.78, 5) is 10.4. The van der Waals surface area contributed by atoms with Crippen molar-refractivity contribution < 1.29 is 13.9 Å². The molecular weight excluding hydrogens is 197 g/mol. The quantitative estimate of drug-likeness (QED) is 0.750. The minimum absolute atomic E-state index is 0.476. The zero-order valence-corrected chi connectivity index (χ0v) is 8.52. The van der Waals surface area contributed by atoms with Crippen LogP contribution in [0.25, 0.3) is 0 Å². The number of alkyl halides is 1. The Labute approximate surface area is 88.0 Å². The van der Waals surface area contributed by atoms with Gasteiger partial charge >= 0.3 is 0 Å². The topological polar surface area (TPSA) is 52.3 Å². The Kier molecular flexibility index (Phi) is 4.39. The Balaban J connectivity index is 2.87. The molecule has 4 heteroatoms. The molecule has 0 spiro atoms. The molecule has 1 aromatic carbocycles. The van der Waals surface area contributed by atoms with E-state index in [0.29, 0.717) is 5.56 Å². The van der Waals surface area contributed by atoms with E-state index in [1.54, 1.807) is 24.3 Å². The Morgan fingerprint density at radius 3 is 2.47 bits per heavy atom. The average Bonchev–Trinajstić information content (AvgIpc) is 2.30. The van der Waals surface area contributed by atoms with Crippen LogP contribution in [0.2, 0.25) is 0 Å². The number of carbonyl (C=O) groups is 1. The van der Waals surface area contributed by atoms with Crippen LogP contribution < -0.4 is 5.73 Å². The third kappa shape index (κ3) is 2.84. The van der Waals surface area contributed by atoms with Crippen LogP contribution in [-0.2, 0) is 4.74 Å². The van der Waals surface area contributed by atoms with E-state index in [9.17, 15) is 9.18 Å². The summed E-state index contributed by atoms with van der Waals surface area (Å²) < 4.78 is 17.5. The predicted molar refractivity (Wildman–Crippen MR) is 55.5 cm³/mol. The summed E-state index contributed by atoms with van der Waals surface area (Å²) in [7, 11) is 1.48. The lowest BCUT2D eigenvalue weighted by atomic mass is 10.0. The van der Waals surface area contributed by atoms with Gasteiger partial charge in [-0.05, 0) is 5.56 Å². The van der Waals surface area contributed by atoms with Gasteiger partial charge in [-0.1, -0.05) is 24.3 Å². The number of ether oxygens (including phenoxy) is 1. The highest BCUT2D eigenvalue weighted by Gasteiger charge is 2.18. The van der Waals surface area contributed by atoms with E-state index in [4.69, 9.17) is 10.5 Å². The fourth-order valence-electron chi connectivity index (χ4n) is 1.40. The van der Waals surface area contributed by atoms with Gasteiger partial charge in [0.1, 0.15) is 13.0 Å². The summed E-state index contributed by atoms with van der Waals surface area (Å²) in [5.74, 6) is 0. The summed E-state index contributed by atoms with van der Waals surface area (Å²) in [6, 6.07) is 6.05. The normalized spacial score (nSPS) is 14.6. The molecule has 0 aliphatic heterocycles. The second-order valence-corrected chi connectivity index (χ2v) is 3.26. The number of halogens is 1. The number of rotatable bonds is 5. The Morgan fingerprint density at radius 1 is 1.47 bits per heavy atom. The van der Waals surface area contributed by atoms with Crippen molar-refractivity contribution in [3.8, 4) is 0 Å². The van der Waals surface area contributed by atoms with Gasteiger partial charge in [0.15, 0.2) is 0 Å². The van der Waals surface area contributed by atoms with E-state index in [0.717, 1.165) is 11.8 Å². The van der Waals surface area contributed by atoms with Crippen molar-refractivity contribution in [2.24, 2.45) is 5.73 Å². The minimum atomic E-state index is -0.683. The molecule has 0 saturated heterocycles. The zero-order valence-electron chi connectivity index (χ0n) is 8.52. The largest absolute Gasteiger partial charge is 0.375 e. The summed E-state index contributed by atoms with van der Waals surface area (Å²) in [6.45, 7) is -0.645. The van der Waals surface area contributed by atoms with E-state index in [1.165, 1.54) is 7.11 Å². The molecule has 0 fully saturated rings. The highest BCUT2D eigenvalue weighted by Crippen LogP contribution is 2.20. The molecule has 0 aliphatic carbocycles. The maximum Gasteiger partial charge on any atom is 0.150 e. The van der Waals surface area contributed by atoms with Crippen molar-refractivity contribution >= 4 is 6.29 Å². The number of benzene rings is 1. The van der Waals surface area contributed by atoms with Gasteiger partial charge in [-0.25, -0.2) is 4.39 Å². The molecule has 2 unspecified atom stereocenters. The SMILES string of the molecule is COC(c1ccc(C=O)cc1)C(N)CF. The van der Waals surface area contributed by atoms with E-state index >= 15 is 0 Å². The fraction of sp³-hybridized carbons (Fsp3) is 0.364. The lowest BCUT2D eigenvalue weighted by molar-refractivity contribution is 0.0720. The molecular formula is C11H14FNO2.